The maximum atomic E-state index is 12.1. The molecule has 0 bridgehead atoms. The fraction of sp³-hybridized carbons (Fsp3) is 0.438. The van der Waals surface area contributed by atoms with Gasteiger partial charge in [0.05, 0.1) is 7.11 Å². The number of likely N-dealkylation sites (tertiary alicyclic amines) is 1. The maximum Gasteiger partial charge on any atom is 0.326 e. The van der Waals surface area contributed by atoms with Gasteiger partial charge in [0, 0.05) is 31.6 Å². The second kappa shape index (κ2) is 7.50. The highest BCUT2D eigenvalue weighted by atomic mass is 32.2. The van der Waals surface area contributed by atoms with Crippen LogP contribution in [0.1, 0.15) is 18.9 Å². The van der Waals surface area contributed by atoms with Crippen LogP contribution in [0.3, 0.4) is 0 Å². The molecule has 2 atom stereocenters. The second-order valence-electron chi connectivity index (χ2n) is 5.39. The third-order valence-electron chi connectivity index (χ3n) is 3.68. The van der Waals surface area contributed by atoms with Crippen molar-refractivity contribution in [3.05, 3.63) is 29.8 Å². The first-order valence-electron chi connectivity index (χ1n) is 7.23. The molecule has 0 aliphatic carbocycles. The average molecular weight is 337 g/mol. The van der Waals surface area contributed by atoms with Gasteiger partial charge >= 0.3 is 5.97 Å². The van der Waals surface area contributed by atoms with E-state index in [4.69, 9.17) is 4.74 Å². The van der Waals surface area contributed by atoms with Gasteiger partial charge in [-0.2, -0.15) is 0 Å². The van der Waals surface area contributed by atoms with Crippen LogP contribution in [0.4, 0.5) is 0 Å². The number of carbonyl (C=O) groups excluding carboxylic acids is 2. The molecule has 1 saturated heterocycles. The van der Waals surface area contributed by atoms with E-state index in [0.717, 1.165) is 17.3 Å². The van der Waals surface area contributed by atoms with Gasteiger partial charge in [0.15, 0.2) is 5.12 Å². The highest BCUT2D eigenvalue weighted by Gasteiger charge is 2.38. The zero-order valence-corrected chi connectivity index (χ0v) is 13.8. The molecule has 0 radical (unpaired) electrons. The Balaban J connectivity index is 2.13. The van der Waals surface area contributed by atoms with Gasteiger partial charge in [0.2, 0.25) is 5.91 Å². The van der Waals surface area contributed by atoms with Crippen molar-refractivity contribution in [3.8, 4) is 5.75 Å². The van der Waals surface area contributed by atoms with Crippen molar-refractivity contribution in [2.75, 3.05) is 13.7 Å². The molecule has 0 saturated carbocycles. The van der Waals surface area contributed by atoms with E-state index >= 15 is 0 Å². The minimum absolute atomic E-state index is 0.0654. The van der Waals surface area contributed by atoms with Crippen molar-refractivity contribution < 1.29 is 24.2 Å². The van der Waals surface area contributed by atoms with Crippen LogP contribution in [-0.4, -0.2) is 51.9 Å². The minimum Gasteiger partial charge on any atom is -0.497 e. The monoisotopic (exact) mass is 337 g/mol. The highest BCUT2D eigenvalue weighted by molar-refractivity contribution is 8.14. The summed E-state index contributed by atoms with van der Waals surface area (Å²) in [5.74, 6) is -0.627. The van der Waals surface area contributed by atoms with Gasteiger partial charge in [0.25, 0.3) is 0 Å². The van der Waals surface area contributed by atoms with Crippen LogP contribution in [0.25, 0.3) is 0 Å². The van der Waals surface area contributed by atoms with E-state index in [1.165, 1.54) is 11.8 Å². The molecule has 2 unspecified atom stereocenters. The summed E-state index contributed by atoms with van der Waals surface area (Å²) in [5.41, 5.74) is 0.784. The number of nitrogens with zero attached hydrogens (tertiary/aromatic N) is 1. The van der Waals surface area contributed by atoms with Crippen LogP contribution in [0.5, 0.6) is 5.75 Å². The molecule has 23 heavy (non-hydrogen) atoms. The molecule has 124 valence electrons. The number of ether oxygens (including phenoxy) is 1. The van der Waals surface area contributed by atoms with Gasteiger partial charge in [-0.3, -0.25) is 9.59 Å². The van der Waals surface area contributed by atoms with E-state index in [1.54, 1.807) is 31.4 Å². The molecule has 1 N–H and O–H groups in total. The zero-order valence-electron chi connectivity index (χ0n) is 13.0. The van der Waals surface area contributed by atoms with E-state index < -0.39 is 12.0 Å². The molecule has 1 aliphatic rings. The lowest BCUT2D eigenvalue weighted by atomic mass is 10.0. The Morgan fingerprint density at radius 1 is 1.48 bits per heavy atom. The van der Waals surface area contributed by atoms with Crippen molar-refractivity contribution >= 4 is 28.8 Å². The number of carboxylic acid groups (broad SMARTS) is 1. The van der Waals surface area contributed by atoms with Gasteiger partial charge in [-0.05, 0) is 17.7 Å². The summed E-state index contributed by atoms with van der Waals surface area (Å²) < 4.78 is 5.14. The summed E-state index contributed by atoms with van der Waals surface area (Å²) in [6.45, 7) is 1.73. The van der Waals surface area contributed by atoms with Crippen LogP contribution >= 0.6 is 11.8 Å². The lowest BCUT2D eigenvalue weighted by Crippen LogP contribution is -2.43. The van der Waals surface area contributed by atoms with E-state index in [1.807, 2.05) is 0 Å². The van der Waals surface area contributed by atoms with Crippen molar-refractivity contribution in [1.82, 2.24) is 4.90 Å². The number of thioether (sulfide) groups is 1. The Bertz CT molecular complexity index is 618. The number of benzene rings is 1. The molecule has 6 nitrogen and oxygen atoms in total. The van der Waals surface area contributed by atoms with Crippen LogP contribution < -0.4 is 4.74 Å². The molecule has 0 aromatic heterocycles. The molecule has 1 aliphatic heterocycles. The molecule has 0 spiro atoms. The summed E-state index contributed by atoms with van der Waals surface area (Å²) in [6.07, 6.45) is 0.405. The average Bonchev–Trinajstić information content (AvgIpc) is 2.84. The largest absolute Gasteiger partial charge is 0.497 e. The van der Waals surface area contributed by atoms with Crippen LogP contribution in [0.2, 0.25) is 0 Å². The number of carboxylic acids is 1. The topological polar surface area (TPSA) is 83.9 Å². The molecule has 1 aromatic carbocycles. The number of hydrogen-bond donors (Lipinski definition) is 1. The lowest BCUT2D eigenvalue weighted by Gasteiger charge is -2.24. The maximum absolute atomic E-state index is 12.1. The minimum atomic E-state index is -1.05. The van der Waals surface area contributed by atoms with Crippen molar-refractivity contribution in [3.63, 3.8) is 0 Å². The Labute approximate surface area is 138 Å². The molecule has 1 heterocycles. The number of aliphatic carboxylic acids is 1. The number of amides is 1. The third kappa shape index (κ3) is 4.48. The first-order valence-corrected chi connectivity index (χ1v) is 8.11. The first kappa shape index (κ1) is 17.3. The summed E-state index contributed by atoms with van der Waals surface area (Å²) in [5, 5.41) is 9.27. The molecule has 7 heteroatoms. The van der Waals surface area contributed by atoms with Gasteiger partial charge in [-0.15, -0.1) is 0 Å². The smallest absolute Gasteiger partial charge is 0.326 e. The SMILES string of the molecule is COc1cccc(CC(C(=O)O)N2CC(SC(C)=O)CC2=O)c1. The Morgan fingerprint density at radius 2 is 2.22 bits per heavy atom. The first-order chi connectivity index (χ1) is 10.9. The van der Waals surface area contributed by atoms with Gasteiger partial charge < -0.3 is 14.7 Å². The number of hydrogen-bond acceptors (Lipinski definition) is 5. The second-order valence-corrected chi connectivity index (χ2v) is 6.87. The molecule has 1 aromatic rings. The zero-order chi connectivity index (χ0) is 17.0. The summed E-state index contributed by atoms with van der Waals surface area (Å²) in [7, 11) is 1.54. The van der Waals surface area contributed by atoms with E-state index in [0.29, 0.717) is 5.75 Å². The van der Waals surface area contributed by atoms with Gasteiger partial charge in [-0.25, -0.2) is 4.79 Å². The Hall–Kier alpha value is -2.02. The van der Waals surface area contributed by atoms with Crippen LogP contribution in [0.15, 0.2) is 24.3 Å². The molecular weight excluding hydrogens is 318 g/mol. The van der Waals surface area contributed by atoms with E-state index in [-0.39, 0.29) is 35.7 Å². The molecule has 1 fully saturated rings. The lowest BCUT2D eigenvalue weighted by molar-refractivity contribution is -0.148. The van der Waals surface area contributed by atoms with E-state index in [9.17, 15) is 19.5 Å². The highest BCUT2D eigenvalue weighted by Crippen LogP contribution is 2.27. The number of carbonyl (C=O) groups is 3. The fourth-order valence-corrected chi connectivity index (χ4v) is 3.60. The molecule has 2 rings (SSSR count). The van der Waals surface area contributed by atoms with Crippen LogP contribution in [0, 0.1) is 0 Å². The van der Waals surface area contributed by atoms with Gasteiger partial charge in [0.1, 0.15) is 11.8 Å². The number of rotatable bonds is 6. The summed E-state index contributed by atoms with van der Waals surface area (Å²) in [6, 6.07) is 6.19. The Morgan fingerprint density at radius 3 is 2.83 bits per heavy atom. The summed E-state index contributed by atoms with van der Waals surface area (Å²) in [4.78, 5) is 36.3. The van der Waals surface area contributed by atoms with Crippen molar-refractivity contribution in [2.24, 2.45) is 0 Å². The third-order valence-corrected chi connectivity index (χ3v) is 4.66. The van der Waals surface area contributed by atoms with Gasteiger partial charge in [-0.1, -0.05) is 23.9 Å². The summed E-state index contributed by atoms with van der Waals surface area (Å²) >= 11 is 1.10. The van der Waals surface area contributed by atoms with Crippen LogP contribution in [-0.2, 0) is 20.8 Å². The normalized spacial score (nSPS) is 18.8. The predicted octanol–water partition coefficient (Wildman–Crippen LogP) is 1.57. The molecule has 1 amide bonds. The standard InChI is InChI=1S/C16H19NO5S/c1-10(18)23-13-8-15(19)17(9-13)14(16(20)21)7-11-4-3-5-12(6-11)22-2/h3-6,13-14H,7-9H2,1-2H3,(H,20,21). The molecular formula is C16H19NO5S. The predicted molar refractivity (Wildman–Crippen MR) is 86.5 cm³/mol. The van der Waals surface area contributed by atoms with E-state index in [2.05, 4.69) is 0 Å². The number of methoxy groups -OCH3 is 1. The fourth-order valence-electron chi connectivity index (χ4n) is 2.67. The Kier molecular flexibility index (Phi) is 5.65. The van der Waals surface area contributed by atoms with Crippen molar-refractivity contribution in [1.29, 1.82) is 0 Å². The van der Waals surface area contributed by atoms with Crippen molar-refractivity contribution in [2.45, 2.75) is 31.1 Å². The quantitative estimate of drug-likeness (QED) is 0.848.